The van der Waals surface area contributed by atoms with Crippen LogP contribution in [0.2, 0.25) is 0 Å². The summed E-state index contributed by atoms with van der Waals surface area (Å²) in [4.78, 5) is 0. The molecule has 0 amide bonds. The third kappa shape index (κ3) is 5.49. The normalized spacial score (nSPS) is 26.5. The van der Waals surface area contributed by atoms with Crippen LogP contribution in [0.1, 0.15) is 75.3 Å². The Hall–Kier alpha value is -1.51. The topological polar surface area (TPSA) is 0 Å². The molecule has 0 N–H and O–H groups in total. The smallest absolute Gasteiger partial charge is 0.166 e. The number of benzene rings is 1. The van der Waals surface area contributed by atoms with Gasteiger partial charge in [-0.25, -0.2) is 0 Å². The van der Waals surface area contributed by atoms with Crippen LogP contribution >= 0.6 is 0 Å². The zero-order valence-corrected chi connectivity index (χ0v) is 16.1. The average Bonchev–Trinajstić information content (AvgIpc) is 2.68. The van der Waals surface area contributed by atoms with Gasteiger partial charge in [-0.15, -0.1) is 6.58 Å². The predicted octanol–water partition coefficient (Wildman–Crippen LogP) is 8.05. The van der Waals surface area contributed by atoms with Crippen LogP contribution in [0.15, 0.2) is 43.0 Å². The SMILES string of the molecule is C=CCCCC1CCC(C2CC=C(c3ccc(C(F)(F)F)cc3)CC2)CC1. The molecule has 0 heterocycles. The molecule has 0 spiro atoms. The Labute approximate surface area is 161 Å². The van der Waals surface area contributed by atoms with E-state index in [1.54, 1.807) is 12.1 Å². The molecule has 1 atom stereocenters. The van der Waals surface area contributed by atoms with Gasteiger partial charge in [0.25, 0.3) is 0 Å². The first-order valence-electron chi connectivity index (χ1n) is 10.4. The Bertz CT molecular complexity index is 631. The monoisotopic (exact) mass is 376 g/mol. The van der Waals surface area contributed by atoms with E-state index in [0.29, 0.717) is 0 Å². The molecule has 27 heavy (non-hydrogen) atoms. The second kappa shape index (κ2) is 9.12. The van der Waals surface area contributed by atoms with Crippen molar-refractivity contribution < 1.29 is 13.2 Å². The molecule has 1 saturated carbocycles. The summed E-state index contributed by atoms with van der Waals surface area (Å²) in [7, 11) is 0. The number of alkyl halides is 3. The molecule has 1 aromatic rings. The van der Waals surface area contributed by atoms with Gasteiger partial charge < -0.3 is 0 Å². The molecule has 1 fully saturated rings. The van der Waals surface area contributed by atoms with Crippen LogP contribution in [-0.4, -0.2) is 0 Å². The van der Waals surface area contributed by atoms with Crippen LogP contribution in [0.3, 0.4) is 0 Å². The van der Waals surface area contributed by atoms with Crippen molar-refractivity contribution in [1.29, 1.82) is 0 Å². The maximum absolute atomic E-state index is 12.7. The summed E-state index contributed by atoms with van der Waals surface area (Å²) in [6.07, 6.45) is 12.5. The molecule has 0 aromatic heterocycles. The van der Waals surface area contributed by atoms with Crippen molar-refractivity contribution in [3.63, 3.8) is 0 Å². The molecule has 148 valence electrons. The van der Waals surface area contributed by atoms with Crippen LogP contribution in [0.4, 0.5) is 13.2 Å². The van der Waals surface area contributed by atoms with Gasteiger partial charge in [-0.2, -0.15) is 13.2 Å². The van der Waals surface area contributed by atoms with Gasteiger partial charge in [-0.3, -0.25) is 0 Å². The molecule has 1 unspecified atom stereocenters. The van der Waals surface area contributed by atoms with Crippen molar-refractivity contribution in [2.75, 3.05) is 0 Å². The first kappa shape index (κ1) is 20.2. The van der Waals surface area contributed by atoms with Gasteiger partial charge in [0, 0.05) is 0 Å². The predicted molar refractivity (Wildman–Crippen MR) is 106 cm³/mol. The number of allylic oxidation sites excluding steroid dienone is 3. The molecule has 3 heteroatoms. The second-order valence-corrected chi connectivity index (χ2v) is 8.34. The molecular weight excluding hydrogens is 345 g/mol. The van der Waals surface area contributed by atoms with Gasteiger partial charge in [-0.05, 0) is 86.0 Å². The van der Waals surface area contributed by atoms with Crippen LogP contribution in [0, 0.1) is 17.8 Å². The highest BCUT2D eigenvalue weighted by atomic mass is 19.4. The maximum atomic E-state index is 12.7. The summed E-state index contributed by atoms with van der Waals surface area (Å²) in [5.41, 5.74) is 1.61. The summed E-state index contributed by atoms with van der Waals surface area (Å²) in [5, 5.41) is 0. The van der Waals surface area contributed by atoms with Crippen molar-refractivity contribution in [1.82, 2.24) is 0 Å². The van der Waals surface area contributed by atoms with Crippen molar-refractivity contribution in [3.05, 3.63) is 54.1 Å². The highest BCUT2D eigenvalue weighted by molar-refractivity contribution is 5.66. The van der Waals surface area contributed by atoms with Gasteiger partial charge in [0.15, 0.2) is 0 Å². The number of rotatable bonds is 6. The molecule has 0 saturated heterocycles. The van der Waals surface area contributed by atoms with E-state index in [1.165, 1.54) is 62.7 Å². The van der Waals surface area contributed by atoms with E-state index >= 15 is 0 Å². The zero-order chi connectivity index (χ0) is 19.3. The third-order valence-electron chi connectivity index (χ3n) is 6.61. The Morgan fingerprint density at radius 3 is 2.22 bits per heavy atom. The minimum Gasteiger partial charge on any atom is -0.166 e. The standard InChI is InChI=1S/C24H31F3/c1-2-3-4-5-18-6-8-19(9-7-18)20-10-12-21(13-11-20)22-14-16-23(17-15-22)24(25,26)27/h2,12,14-20H,1,3-11,13H2. The number of hydrogen-bond donors (Lipinski definition) is 0. The van der Waals surface area contributed by atoms with Crippen LogP contribution in [0.25, 0.3) is 5.57 Å². The maximum Gasteiger partial charge on any atom is 0.416 e. The average molecular weight is 377 g/mol. The Kier molecular flexibility index (Phi) is 6.83. The van der Waals surface area contributed by atoms with E-state index in [4.69, 9.17) is 0 Å². The molecular formula is C24H31F3. The lowest BCUT2D eigenvalue weighted by Crippen LogP contribution is -2.23. The largest absolute Gasteiger partial charge is 0.416 e. The van der Waals surface area contributed by atoms with Crippen molar-refractivity contribution >= 4 is 5.57 Å². The number of unbranched alkanes of at least 4 members (excludes halogenated alkanes) is 1. The molecule has 3 rings (SSSR count). The first-order chi connectivity index (χ1) is 13.0. The lowest BCUT2D eigenvalue weighted by atomic mass is 9.70. The molecule has 1 aromatic carbocycles. The van der Waals surface area contributed by atoms with Crippen molar-refractivity contribution in [2.45, 2.75) is 70.4 Å². The summed E-state index contributed by atoms with van der Waals surface area (Å²) in [6.45, 7) is 3.80. The van der Waals surface area contributed by atoms with Gasteiger partial charge in [0.1, 0.15) is 0 Å². The fourth-order valence-electron chi connectivity index (χ4n) is 4.92. The van der Waals surface area contributed by atoms with Gasteiger partial charge >= 0.3 is 6.18 Å². The van der Waals surface area contributed by atoms with E-state index in [0.717, 1.165) is 42.6 Å². The minimum atomic E-state index is -4.25. The van der Waals surface area contributed by atoms with Crippen LogP contribution < -0.4 is 0 Å². The van der Waals surface area contributed by atoms with E-state index in [9.17, 15) is 13.2 Å². The van der Waals surface area contributed by atoms with E-state index in [-0.39, 0.29) is 0 Å². The molecule has 0 nitrogen and oxygen atoms in total. The Balaban J connectivity index is 1.49. The zero-order valence-electron chi connectivity index (χ0n) is 16.1. The Morgan fingerprint density at radius 2 is 1.67 bits per heavy atom. The van der Waals surface area contributed by atoms with Crippen molar-refractivity contribution in [3.8, 4) is 0 Å². The van der Waals surface area contributed by atoms with Gasteiger partial charge in [-0.1, -0.05) is 43.5 Å². The van der Waals surface area contributed by atoms with E-state index in [2.05, 4.69) is 12.7 Å². The van der Waals surface area contributed by atoms with Crippen LogP contribution in [0.5, 0.6) is 0 Å². The summed E-state index contributed by atoms with van der Waals surface area (Å²) >= 11 is 0. The lowest BCUT2D eigenvalue weighted by molar-refractivity contribution is -0.137. The summed E-state index contributed by atoms with van der Waals surface area (Å²) in [6, 6.07) is 5.67. The molecule has 0 bridgehead atoms. The van der Waals surface area contributed by atoms with Crippen molar-refractivity contribution in [2.24, 2.45) is 17.8 Å². The second-order valence-electron chi connectivity index (χ2n) is 8.34. The summed E-state index contributed by atoms with van der Waals surface area (Å²) in [5.74, 6) is 2.51. The Morgan fingerprint density at radius 1 is 0.963 bits per heavy atom. The van der Waals surface area contributed by atoms with E-state index < -0.39 is 11.7 Å². The summed E-state index contributed by atoms with van der Waals surface area (Å²) < 4.78 is 38.1. The van der Waals surface area contributed by atoms with Gasteiger partial charge in [0.2, 0.25) is 0 Å². The number of hydrogen-bond acceptors (Lipinski definition) is 0. The molecule has 0 radical (unpaired) electrons. The third-order valence-corrected chi connectivity index (χ3v) is 6.61. The highest BCUT2D eigenvalue weighted by Gasteiger charge is 2.31. The fourth-order valence-corrected chi connectivity index (χ4v) is 4.92. The number of halogens is 3. The molecule has 2 aliphatic carbocycles. The van der Waals surface area contributed by atoms with E-state index in [1.807, 2.05) is 6.08 Å². The first-order valence-corrected chi connectivity index (χ1v) is 10.4. The van der Waals surface area contributed by atoms with Gasteiger partial charge in [0.05, 0.1) is 5.56 Å². The molecule has 0 aliphatic heterocycles. The fraction of sp³-hybridized carbons (Fsp3) is 0.583. The quantitative estimate of drug-likeness (QED) is 0.348. The van der Waals surface area contributed by atoms with Crippen LogP contribution in [-0.2, 0) is 6.18 Å². The minimum absolute atomic E-state index is 0.564. The molecule has 2 aliphatic rings. The lowest BCUT2D eigenvalue weighted by Gasteiger charge is -2.35. The highest BCUT2D eigenvalue weighted by Crippen LogP contribution is 2.42.